The van der Waals surface area contributed by atoms with E-state index in [9.17, 15) is 4.79 Å². The van der Waals surface area contributed by atoms with Crippen molar-refractivity contribution in [2.24, 2.45) is 5.92 Å². The van der Waals surface area contributed by atoms with Gasteiger partial charge in [-0.25, -0.2) is 4.79 Å². The van der Waals surface area contributed by atoms with Crippen LogP contribution in [0.15, 0.2) is 0 Å². The summed E-state index contributed by atoms with van der Waals surface area (Å²) in [6.07, 6.45) is 3.94. The molecule has 0 spiro atoms. The van der Waals surface area contributed by atoms with Crippen molar-refractivity contribution in [1.82, 2.24) is 20.4 Å². The summed E-state index contributed by atoms with van der Waals surface area (Å²) in [6, 6.07) is 0.0988. The van der Waals surface area contributed by atoms with Crippen molar-refractivity contribution in [3.8, 4) is 0 Å². The van der Waals surface area contributed by atoms with Crippen LogP contribution in [-0.4, -0.2) is 68.7 Å². The molecule has 0 radical (unpaired) electrons. The van der Waals surface area contributed by atoms with E-state index in [4.69, 9.17) is 0 Å². The summed E-state index contributed by atoms with van der Waals surface area (Å²) in [4.78, 5) is 15.6. The maximum absolute atomic E-state index is 11.4. The summed E-state index contributed by atoms with van der Waals surface area (Å²) in [7, 11) is 2.16. The van der Waals surface area contributed by atoms with E-state index < -0.39 is 0 Å². The van der Waals surface area contributed by atoms with Gasteiger partial charge in [-0.1, -0.05) is 0 Å². The van der Waals surface area contributed by atoms with Crippen molar-refractivity contribution in [2.45, 2.75) is 19.3 Å². The van der Waals surface area contributed by atoms with Gasteiger partial charge in [0.05, 0.1) is 0 Å². The van der Waals surface area contributed by atoms with Gasteiger partial charge in [0.25, 0.3) is 0 Å². The zero-order valence-corrected chi connectivity index (χ0v) is 11.5. The number of nitrogens with one attached hydrogen (secondary N) is 2. The third kappa shape index (κ3) is 4.14. The molecule has 0 atom stereocenters. The summed E-state index contributed by atoms with van der Waals surface area (Å²) in [5, 5.41) is 6.24. The van der Waals surface area contributed by atoms with Gasteiger partial charge >= 0.3 is 6.03 Å². The van der Waals surface area contributed by atoms with Crippen molar-refractivity contribution in [2.75, 3.05) is 52.9 Å². The third-order valence-corrected chi connectivity index (χ3v) is 4.07. The quantitative estimate of drug-likeness (QED) is 0.718. The zero-order chi connectivity index (χ0) is 12.8. The Kier molecular flexibility index (Phi) is 5.26. The van der Waals surface area contributed by atoms with Crippen LogP contribution in [0.5, 0.6) is 0 Å². The lowest BCUT2D eigenvalue weighted by Gasteiger charge is -2.26. The second kappa shape index (κ2) is 6.95. The first-order valence-electron chi connectivity index (χ1n) is 7.18. The first-order chi connectivity index (χ1) is 8.75. The second-order valence-corrected chi connectivity index (χ2v) is 5.50. The second-order valence-electron chi connectivity index (χ2n) is 5.50. The Morgan fingerprint density at radius 1 is 1.28 bits per heavy atom. The number of urea groups is 1. The first kappa shape index (κ1) is 13.6. The molecule has 5 nitrogen and oxygen atoms in total. The van der Waals surface area contributed by atoms with Gasteiger partial charge in [0, 0.05) is 26.2 Å². The Balaban J connectivity index is 1.56. The summed E-state index contributed by atoms with van der Waals surface area (Å²) < 4.78 is 0. The van der Waals surface area contributed by atoms with Crippen LogP contribution in [0, 0.1) is 5.92 Å². The molecule has 2 aliphatic heterocycles. The lowest BCUT2D eigenvalue weighted by molar-refractivity contribution is 0.204. The average Bonchev–Trinajstić information content (AvgIpc) is 2.81. The molecule has 2 saturated heterocycles. The predicted molar refractivity (Wildman–Crippen MR) is 72.7 cm³/mol. The highest BCUT2D eigenvalue weighted by Crippen LogP contribution is 2.15. The molecule has 0 aromatic heterocycles. The number of hydrogen-bond acceptors (Lipinski definition) is 3. The molecule has 0 aromatic carbocycles. The van der Waals surface area contributed by atoms with Gasteiger partial charge in [0.15, 0.2) is 0 Å². The number of rotatable bonds is 6. The zero-order valence-electron chi connectivity index (χ0n) is 11.5. The number of hydrogen-bond donors (Lipinski definition) is 2. The first-order valence-corrected chi connectivity index (χ1v) is 7.18. The predicted octanol–water partition coefficient (Wildman–Crippen LogP) is 0.333. The van der Waals surface area contributed by atoms with Crippen LogP contribution >= 0.6 is 0 Å². The summed E-state index contributed by atoms with van der Waals surface area (Å²) in [5.41, 5.74) is 0. The molecule has 0 unspecified atom stereocenters. The fourth-order valence-corrected chi connectivity index (χ4v) is 2.70. The van der Waals surface area contributed by atoms with Gasteiger partial charge in [-0.2, -0.15) is 0 Å². The summed E-state index contributed by atoms with van der Waals surface area (Å²) in [6.45, 7) is 7.02. The number of carbonyl (C=O) groups excluding carboxylic acids is 1. The number of likely N-dealkylation sites (N-methyl/N-ethyl adjacent to an activating group) is 1. The van der Waals surface area contributed by atoms with Crippen molar-refractivity contribution in [3.63, 3.8) is 0 Å². The van der Waals surface area contributed by atoms with Gasteiger partial charge in [-0.05, 0) is 51.9 Å². The maximum atomic E-state index is 11.4. The molecule has 0 aromatic rings. The van der Waals surface area contributed by atoms with E-state index >= 15 is 0 Å². The molecular formula is C13H26N4O. The third-order valence-electron chi connectivity index (χ3n) is 4.07. The maximum Gasteiger partial charge on any atom is 0.317 e. The Hall–Kier alpha value is -0.810. The minimum absolute atomic E-state index is 0.0988. The normalized spacial score (nSPS) is 21.7. The monoisotopic (exact) mass is 254 g/mol. The SMILES string of the molecule is CN(CCC1CCNCC1)CCN1CCNC1=O. The molecule has 5 heteroatoms. The minimum atomic E-state index is 0.0988. The molecule has 2 aliphatic rings. The highest BCUT2D eigenvalue weighted by Gasteiger charge is 2.19. The van der Waals surface area contributed by atoms with Crippen LogP contribution in [0.1, 0.15) is 19.3 Å². The van der Waals surface area contributed by atoms with Crippen molar-refractivity contribution in [3.05, 3.63) is 0 Å². The van der Waals surface area contributed by atoms with Crippen molar-refractivity contribution >= 4 is 6.03 Å². The summed E-state index contributed by atoms with van der Waals surface area (Å²) in [5.74, 6) is 0.892. The van der Waals surface area contributed by atoms with Gasteiger partial charge in [0.2, 0.25) is 0 Å². The molecular weight excluding hydrogens is 228 g/mol. The highest BCUT2D eigenvalue weighted by atomic mass is 16.2. The molecule has 2 amide bonds. The Labute approximate surface area is 110 Å². The Morgan fingerprint density at radius 3 is 2.72 bits per heavy atom. The van der Waals surface area contributed by atoms with E-state index in [1.54, 1.807) is 0 Å². The van der Waals surface area contributed by atoms with E-state index in [-0.39, 0.29) is 6.03 Å². The van der Waals surface area contributed by atoms with Crippen molar-refractivity contribution in [1.29, 1.82) is 0 Å². The fraction of sp³-hybridized carbons (Fsp3) is 0.923. The fourth-order valence-electron chi connectivity index (χ4n) is 2.70. The molecule has 0 saturated carbocycles. The van der Waals surface area contributed by atoms with Crippen LogP contribution in [-0.2, 0) is 0 Å². The number of carbonyl (C=O) groups is 1. The smallest absolute Gasteiger partial charge is 0.317 e. The van der Waals surface area contributed by atoms with Crippen LogP contribution in [0.3, 0.4) is 0 Å². The molecule has 104 valence electrons. The van der Waals surface area contributed by atoms with E-state index in [2.05, 4.69) is 22.6 Å². The molecule has 2 heterocycles. The minimum Gasteiger partial charge on any atom is -0.336 e. The number of amides is 2. The molecule has 18 heavy (non-hydrogen) atoms. The van der Waals surface area contributed by atoms with Gasteiger partial charge in [-0.3, -0.25) is 0 Å². The number of piperidine rings is 1. The van der Waals surface area contributed by atoms with Gasteiger partial charge < -0.3 is 20.4 Å². The Morgan fingerprint density at radius 2 is 2.06 bits per heavy atom. The highest BCUT2D eigenvalue weighted by molar-refractivity contribution is 5.76. The lowest BCUT2D eigenvalue weighted by atomic mass is 9.94. The average molecular weight is 254 g/mol. The molecule has 2 N–H and O–H groups in total. The van der Waals surface area contributed by atoms with Crippen LogP contribution in [0.4, 0.5) is 4.79 Å². The Bertz CT molecular complexity index is 266. The van der Waals surface area contributed by atoms with Gasteiger partial charge in [-0.15, -0.1) is 0 Å². The van der Waals surface area contributed by atoms with E-state index in [0.29, 0.717) is 0 Å². The molecule has 0 bridgehead atoms. The molecule has 2 fully saturated rings. The van der Waals surface area contributed by atoms with E-state index in [1.165, 1.54) is 32.4 Å². The van der Waals surface area contributed by atoms with E-state index in [0.717, 1.165) is 38.6 Å². The topological polar surface area (TPSA) is 47.6 Å². The molecule has 2 rings (SSSR count). The largest absolute Gasteiger partial charge is 0.336 e. The van der Waals surface area contributed by atoms with Crippen LogP contribution in [0.25, 0.3) is 0 Å². The van der Waals surface area contributed by atoms with E-state index in [1.807, 2.05) is 4.90 Å². The number of nitrogens with zero attached hydrogens (tertiary/aromatic N) is 2. The van der Waals surface area contributed by atoms with Gasteiger partial charge in [0.1, 0.15) is 0 Å². The van der Waals surface area contributed by atoms with Crippen molar-refractivity contribution < 1.29 is 4.79 Å². The van der Waals surface area contributed by atoms with Crippen LogP contribution < -0.4 is 10.6 Å². The summed E-state index contributed by atoms with van der Waals surface area (Å²) >= 11 is 0. The lowest BCUT2D eigenvalue weighted by Crippen LogP contribution is -2.36. The standard InChI is InChI=1S/C13H26N4O/c1-16(8-4-12-2-5-14-6-3-12)10-11-17-9-7-15-13(17)18/h12,14H,2-11H2,1H3,(H,15,18). The molecule has 0 aliphatic carbocycles. The van der Waals surface area contributed by atoms with Crippen LogP contribution in [0.2, 0.25) is 0 Å².